The Morgan fingerprint density at radius 2 is 1.94 bits per heavy atom. The van der Waals surface area contributed by atoms with Gasteiger partial charge >= 0.3 is 0 Å². The van der Waals surface area contributed by atoms with Gasteiger partial charge in [0.25, 0.3) is 0 Å². The molecule has 90 valence electrons. The zero-order valence-electron chi connectivity index (χ0n) is 10.4. The van der Waals surface area contributed by atoms with Crippen LogP contribution in [0, 0.1) is 25.2 Å². The van der Waals surface area contributed by atoms with Gasteiger partial charge in [0.1, 0.15) is 0 Å². The van der Waals surface area contributed by atoms with Crippen molar-refractivity contribution in [1.29, 1.82) is 5.26 Å². The van der Waals surface area contributed by atoms with Gasteiger partial charge in [-0.15, -0.1) is 0 Å². The number of aromatic nitrogens is 1. The first-order valence-electron chi connectivity index (χ1n) is 5.78. The van der Waals surface area contributed by atoms with Gasteiger partial charge in [-0.3, -0.25) is 4.79 Å². The second kappa shape index (κ2) is 4.89. The summed E-state index contributed by atoms with van der Waals surface area (Å²) in [6.45, 7) is 3.85. The lowest BCUT2D eigenvalue weighted by Gasteiger charge is -2.01. The Balaban J connectivity index is 2.35. The summed E-state index contributed by atoms with van der Waals surface area (Å²) in [5, 5.41) is 8.68. The molecule has 0 radical (unpaired) electrons. The van der Waals surface area contributed by atoms with E-state index in [0.717, 1.165) is 16.8 Å². The van der Waals surface area contributed by atoms with Crippen LogP contribution in [-0.4, -0.2) is 10.8 Å². The van der Waals surface area contributed by atoms with Crippen molar-refractivity contribution in [2.75, 3.05) is 0 Å². The number of ketones is 1. The maximum Gasteiger partial charge on any atom is 0.194 e. The van der Waals surface area contributed by atoms with E-state index in [1.807, 2.05) is 38.1 Å². The molecule has 0 amide bonds. The van der Waals surface area contributed by atoms with Crippen LogP contribution in [0.5, 0.6) is 0 Å². The van der Waals surface area contributed by atoms with Crippen LogP contribution < -0.4 is 0 Å². The van der Waals surface area contributed by atoms with E-state index in [-0.39, 0.29) is 5.78 Å². The number of nitrogens with zero attached hydrogens (tertiary/aromatic N) is 1. The molecule has 0 atom stereocenters. The van der Waals surface area contributed by atoms with Crippen molar-refractivity contribution in [3.05, 3.63) is 58.4 Å². The number of hydrogen-bond donors (Lipinski definition) is 1. The van der Waals surface area contributed by atoms with Crippen LogP contribution in [-0.2, 0) is 6.42 Å². The first kappa shape index (κ1) is 12.1. The highest BCUT2D eigenvalue weighted by Gasteiger charge is 2.15. The molecule has 0 aliphatic rings. The molecule has 0 saturated heterocycles. The molecule has 2 aromatic rings. The standard InChI is InChI=1S/C15H14N2O/c1-10-3-5-12(6-4-10)15(18)13-9-17-14(7-8-16)11(13)2/h3-6,9,17H,7H2,1-2H3. The minimum absolute atomic E-state index is 0.00654. The number of rotatable bonds is 3. The molecule has 0 fully saturated rings. The molecular formula is C15H14N2O. The number of H-pyrrole nitrogens is 1. The third-order valence-corrected chi connectivity index (χ3v) is 3.06. The Morgan fingerprint density at radius 1 is 1.28 bits per heavy atom. The second-order valence-electron chi connectivity index (χ2n) is 4.34. The summed E-state index contributed by atoms with van der Waals surface area (Å²) in [6, 6.07) is 9.58. The van der Waals surface area contributed by atoms with Gasteiger partial charge in [-0.05, 0) is 19.4 Å². The number of nitriles is 1. The molecule has 0 aliphatic heterocycles. The smallest absolute Gasteiger partial charge is 0.194 e. The lowest BCUT2D eigenvalue weighted by atomic mass is 10.0. The maximum atomic E-state index is 12.3. The molecule has 0 aliphatic carbocycles. The molecule has 3 nitrogen and oxygen atoms in total. The Bertz CT molecular complexity index is 615. The number of benzene rings is 1. The quantitative estimate of drug-likeness (QED) is 0.836. The summed E-state index contributed by atoms with van der Waals surface area (Å²) >= 11 is 0. The van der Waals surface area contributed by atoms with E-state index in [0.29, 0.717) is 17.5 Å². The van der Waals surface area contributed by atoms with Gasteiger partial charge in [-0.25, -0.2) is 0 Å². The molecule has 1 heterocycles. The molecule has 0 spiro atoms. The summed E-state index contributed by atoms with van der Waals surface area (Å²) in [5.74, 6) is -0.00654. The maximum absolute atomic E-state index is 12.3. The van der Waals surface area contributed by atoms with Crippen LogP contribution in [0.3, 0.4) is 0 Å². The third-order valence-electron chi connectivity index (χ3n) is 3.06. The van der Waals surface area contributed by atoms with Gasteiger partial charge in [0, 0.05) is 23.0 Å². The predicted molar refractivity (Wildman–Crippen MR) is 69.5 cm³/mol. The van der Waals surface area contributed by atoms with E-state index in [2.05, 4.69) is 11.1 Å². The average Bonchev–Trinajstić information content (AvgIpc) is 2.72. The van der Waals surface area contributed by atoms with Crippen molar-refractivity contribution in [1.82, 2.24) is 4.98 Å². The van der Waals surface area contributed by atoms with Gasteiger partial charge in [0.2, 0.25) is 0 Å². The molecule has 18 heavy (non-hydrogen) atoms. The van der Waals surface area contributed by atoms with E-state index < -0.39 is 0 Å². The molecule has 2 rings (SSSR count). The van der Waals surface area contributed by atoms with Crippen molar-refractivity contribution in [2.24, 2.45) is 0 Å². The molecule has 0 bridgehead atoms. The lowest BCUT2D eigenvalue weighted by molar-refractivity contribution is 0.103. The predicted octanol–water partition coefficient (Wildman–Crippen LogP) is 2.93. The SMILES string of the molecule is Cc1ccc(C(=O)c2c[nH]c(CC#N)c2C)cc1. The highest BCUT2D eigenvalue weighted by atomic mass is 16.1. The topological polar surface area (TPSA) is 56.6 Å². The van der Waals surface area contributed by atoms with E-state index >= 15 is 0 Å². The zero-order valence-corrected chi connectivity index (χ0v) is 10.4. The summed E-state index contributed by atoms with van der Waals surface area (Å²) in [5.41, 5.74) is 4.12. The normalized spacial score (nSPS) is 10.1. The number of carbonyl (C=O) groups is 1. The molecule has 0 saturated carbocycles. The van der Waals surface area contributed by atoms with Crippen molar-refractivity contribution in [3.8, 4) is 6.07 Å². The Hall–Kier alpha value is -2.34. The number of hydrogen-bond acceptors (Lipinski definition) is 2. The Morgan fingerprint density at radius 3 is 2.56 bits per heavy atom. The van der Waals surface area contributed by atoms with Gasteiger partial charge in [-0.1, -0.05) is 29.8 Å². The van der Waals surface area contributed by atoms with Crippen molar-refractivity contribution >= 4 is 5.78 Å². The Labute approximate surface area is 106 Å². The van der Waals surface area contributed by atoms with Crippen LogP contribution in [0.2, 0.25) is 0 Å². The zero-order chi connectivity index (χ0) is 13.1. The van der Waals surface area contributed by atoms with Gasteiger partial charge in [-0.2, -0.15) is 5.26 Å². The van der Waals surface area contributed by atoms with Crippen LogP contribution in [0.25, 0.3) is 0 Å². The van der Waals surface area contributed by atoms with Crippen molar-refractivity contribution in [2.45, 2.75) is 20.3 Å². The molecular weight excluding hydrogens is 224 g/mol. The lowest BCUT2D eigenvalue weighted by Crippen LogP contribution is -2.02. The third kappa shape index (κ3) is 2.18. The minimum Gasteiger partial charge on any atom is -0.363 e. The van der Waals surface area contributed by atoms with Crippen molar-refractivity contribution in [3.63, 3.8) is 0 Å². The second-order valence-corrected chi connectivity index (χ2v) is 4.34. The fourth-order valence-corrected chi connectivity index (χ4v) is 1.90. The molecule has 1 aromatic heterocycles. The first-order valence-corrected chi connectivity index (χ1v) is 5.78. The molecule has 1 aromatic carbocycles. The van der Waals surface area contributed by atoms with Crippen LogP contribution in [0.1, 0.15) is 32.7 Å². The average molecular weight is 238 g/mol. The summed E-state index contributed by atoms with van der Waals surface area (Å²) < 4.78 is 0. The van der Waals surface area contributed by atoms with Crippen LogP contribution >= 0.6 is 0 Å². The molecule has 0 unspecified atom stereocenters. The fraction of sp³-hybridized carbons (Fsp3) is 0.200. The van der Waals surface area contributed by atoms with Crippen molar-refractivity contribution < 1.29 is 4.79 Å². The van der Waals surface area contributed by atoms with Crippen LogP contribution in [0.4, 0.5) is 0 Å². The molecule has 1 N–H and O–H groups in total. The van der Waals surface area contributed by atoms with E-state index in [9.17, 15) is 4.79 Å². The minimum atomic E-state index is -0.00654. The summed E-state index contributed by atoms with van der Waals surface area (Å²) in [6.07, 6.45) is 1.98. The van der Waals surface area contributed by atoms with Gasteiger partial charge in [0.05, 0.1) is 12.5 Å². The first-order chi connectivity index (χ1) is 8.63. The monoisotopic (exact) mass is 238 g/mol. The number of aryl methyl sites for hydroxylation is 1. The van der Waals surface area contributed by atoms with Crippen LogP contribution in [0.15, 0.2) is 30.5 Å². The van der Waals surface area contributed by atoms with E-state index in [1.54, 1.807) is 6.20 Å². The van der Waals surface area contributed by atoms with E-state index in [4.69, 9.17) is 5.26 Å². The highest BCUT2D eigenvalue weighted by Crippen LogP contribution is 2.18. The van der Waals surface area contributed by atoms with Gasteiger partial charge in [0.15, 0.2) is 5.78 Å². The number of carbonyl (C=O) groups excluding carboxylic acids is 1. The Kier molecular flexibility index (Phi) is 3.29. The number of nitrogens with one attached hydrogen (secondary N) is 1. The fourth-order valence-electron chi connectivity index (χ4n) is 1.90. The molecule has 3 heteroatoms. The van der Waals surface area contributed by atoms with E-state index in [1.165, 1.54) is 0 Å². The number of aromatic amines is 1. The summed E-state index contributed by atoms with van der Waals surface area (Å²) in [4.78, 5) is 15.3. The van der Waals surface area contributed by atoms with Gasteiger partial charge < -0.3 is 4.98 Å². The summed E-state index contributed by atoms with van der Waals surface area (Å²) in [7, 11) is 0. The largest absolute Gasteiger partial charge is 0.363 e. The highest BCUT2D eigenvalue weighted by molar-refractivity contribution is 6.10.